The van der Waals surface area contributed by atoms with E-state index in [0.29, 0.717) is 6.61 Å². The summed E-state index contributed by atoms with van der Waals surface area (Å²) in [6.07, 6.45) is 0.795. The molecule has 0 aliphatic heterocycles. The monoisotopic (exact) mass is 272 g/mol. The van der Waals surface area contributed by atoms with Crippen molar-refractivity contribution in [2.24, 2.45) is 5.92 Å². The largest absolute Gasteiger partial charge is 0.489 e. The maximum absolute atomic E-state index is 11.5. The molecule has 0 bridgehead atoms. The number of rotatable bonds is 6. The van der Waals surface area contributed by atoms with Gasteiger partial charge in [-0.15, -0.1) is 0 Å². The van der Waals surface area contributed by atoms with Crippen LogP contribution in [0.3, 0.4) is 0 Å². The Balaban J connectivity index is 1.89. The lowest BCUT2D eigenvalue weighted by atomic mass is 10.1. The van der Waals surface area contributed by atoms with E-state index in [0.717, 1.165) is 22.9 Å². The predicted molar refractivity (Wildman–Crippen MR) is 79.9 cm³/mol. The van der Waals surface area contributed by atoms with Crippen LogP contribution in [-0.4, -0.2) is 19.2 Å². The number of ether oxygens (including phenoxy) is 2. The van der Waals surface area contributed by atoms with Gasteiger partial charge < -0.3 is 9.47 Å². The summed E-state index contributed by atoms with van der Waals surface area (Å²) < 4.78 is 10.9. The molecular weight excluding hydrogens is 252 g/mol. The summed E-state index contributed by atoms with van der Waals surface area (Å²) in [5.41, 5.74) is 0. The number of hydrogen-bond acceptors (Lipinski definition) is 3. The number of benzene rings is 2. The lowest BCUT2D eigenvalue weighted by Gasteiger charge is -2.11. The Morgan fingerprint density at radius 2 is 1.85 bits per heavy atom. The van der Waals surface area contributed by atoms with Crippen LogP contribution in [0.5, 0.6) is 5.75 Å². The van der Waals surface area contributed by atoms with Gasteiger partial charge in [-0.2, -0.15) is 0 Å². The average Bonchev–Trinajstić information content (AvgIpc) is 2.50. The Morgan fingerprint density at radius 3 is 2.65 bits per heavy atom. The smallest absolute Gasteiger partial charge is 0.308 e. The van der Waals surface area contributed by atoms with E-state index in [2.05, 4.69) is 0 Å². The molecule has 0 aliphatic carbocycles. The Morgan fingerprint density at radius 1 is 1.10 bits per heavy atom. The van der Waals surface area contributed by atoms with Gasteiger partial charge in [0.25, 0.3) is 0 Å². The highest BCUT2D eigenvalue weighted by atomic mass is 16.6. The molecule has 0 N–H and O–H groups in total. The second kappa shape index (κ2) is 6.94. The molecule has 0 aliphatic rings. The number of carbonyl (C=O) groups excluding carboxylic acids is 1. The van der Waals surface area contributed by atoms with Crippen LogP contribution < -0.4 is 4.74 Å². The number of esters is 1. The summed E-state index contributed by atoms with van der Waals surface area (Å²) in [5.74, 6) is 0.615. The highest BCUT2D eigenvalue weighted by molar-refractivity contribution is 5.88. The van der Waals surface area contributed by atoms with Gasteiger partial charge >= 0.3 is 5.97 Å². The highest BCUT2D eigenvalue weighted by Gasteiger charge is 2.11. The SMILES string of the molecule is CCC(C)C(=O)OCCOc1cccc2ccccc12. The molecular formula is C17H20O3. The molecule has 3 nitrogen and oxygen atoms in total. The zero-order chi connectivity index (χ0) is 14.4. The zero-order valence-corrected chi connectivity index (χ0v) is 12.0. The summed E-state index contributed by atoms with van der Waals surface area (Å²) >= 11 is 0. The number of carbonyl (C=O) groups is 1. The predicted octanol–water partition coefficient (Wildman–Crippen LogP) is 3.81. The van der Waals surface area contributed by atoms with E-state index in [9.17, 15) is 4.79 Å². The molecule has 0 radical (unpaired) electrons. The van der Waals surface area contributed by atoms with Gasteiger partial charge in [0.15, 0.2) is 0 Å². The second-order valence-corrected chi connectivity index (χ2v) is 4.80. The van der Waals surface area contributed by atoms with Crippen molar-refractivity contribution in [3.8, 4) is 5.75 Å². The molecule has 2 rings (SSSR count). The molecule has 3 heteroatoms. The van der Waals surface area contributed by atoms with Crippen LogP contribution in [0.25, 0.3) is 10.8 Å². The van der Waals surface area contributed by atoms with Crippen molar-refractivity contribution in [2.45, 2.75) is 20.3 Å². The molecule has 0 amide bonds. The first-order valence-corrected chi connectivity index (χ1v) is 6.99. The quantitative estimate of drug-likeness (QED) is 0.592. The van der Waals surface area contributed by atoms with Crippen molar-refractivity contribution in [2.75, 3.05) is 13.2 Å². The number of hydrogen-bond donors (Lipinski definition) is 0. The second-order valence-electron chi connectivity index (χ2n) is 4.80. The maximum Gasteiger partial charge on any atom is 0.308 e. The van der Waals surface area contributed by atoms with Crippen LogP contribution in [0.15, 0.2) is 42.5 Å². The van der Waals surface area contributed by atoms with E-state index in [1.807, 2.05) is 56.3 Å². The summed E-state index contributed by atoms with van der Waals surface area (Å²) in [5, 5.41) is 2.21. The molecule has 2 aromatic carbocycles. The van der Waals surface area contributed by atoms with Gasteiger partial charge in [-0.25, -0.2) is 0 Å². The van der Waals surface area contributed by atoms with E-state index >= 15 is 0 Å². The summed E-state index contributed by atoms with van der Waals surface area (Å²) in [6, 6.07) is 14.0. The zero-order valence-electron chi connectivity index (χ0n) is 12.0. The first-order valence-electron chi connectivity index (χ1n) is 6.99. The van der Waals surface area contributed by atoms with E-state index in [1.165, 1.54) is 0 Å². The molecule has 20 heavy (non-hydrogen) atoms. The van der Waals surface area contributed by atoms with Crippen molar-refractivity contribution in [3.05, 3.63) is 42.5 Å². The molecule has 1 unspecified atom stereocenters. The van der Waals surface area contributed by atoms with Crippen molar-refractivity contribution < 1.29 is 14.3 Å². The van der Waals surface area contributed by atoms with Crippen LogP contribution in [0.4, 0.5) is 0 Å². The molecule has 0 saturated carbocycles. The van der Waals surface area contributed by atoms with Crippen LogP contribution >= 0.6 is 0 Å². The standard InChI is InChI=1S/C17H20O3/c1-3-13(2)17(18)20-12-11-19-16-10-6-8-14-7-4-5-9-15(14)16/h4-10,13H,3,11-12H2,1-2H3. The highest BCUT2D eigenvalue weighted by Crippen LogP contribution is 2.24. The Kier molecular flexibility index (Phi) is 4.99. The fraction of sp³-hybridized carbons (Fsp3) is 0.353. The van der Waals surface area contributed by atoms with Crippen molar-refractivity contribution in [1.29, 1.82) is 0 Å². The lowest BCUT2D eigenvalue weighted by Crippen LogP contribution is -2.17. The minimum absolute atomic E-state index is 0.0486. The summed E-state index contributed by atoms with van der Waals surface area (Å²) in [6.45, 7) is 4.50. The van der Waals surface area contributed by atoms with Crippen LogP contribution in [0, 0.1) is 5.92 Å². The van der Waals surface area contributed by atoms with Gasteiger partial charge in [-0.05, 0) is 17.9 Å². The molecule has 0 saturated heterocycles. The van der Waals surface area contributed by atoms with E-state index in [-0.39, 0.29) is 18.5 Å². The van der Waals surface area contributed by atoms with Gasteiger partial charge in [0.2, 0.25) is 0 Å². The van der Waals surface area contributed by atoms with Gasteiger partial charge in [0.05, 0.1) is 5.92 Å². The van der Waals surface area contributed by atoms with Crippen LogP contribution in [0.2, 0.25) is 0 Å². The van der Waals surface area contributed by atoms with Gasteiger partial charge in [0, 0.05) is 5.39 Å². The Hall–Kier alpha value is -2.03. The summed E-state index contributed by atoms with van der Waals surface area (Å²) in [4.78, 5) is 11.5. The number of fused-ring (bicyclic) bond motifs is 1. The van der Waals surface area contributed by atoms with E-state index in [4.69, 9.17) is 9.47 Å². The molecule has 0 aromatic heterocycles. The third-order valence-corrected chi connectivity index (χ3v) is 3.35. The fourth-order valence-corrected chi connectivity index (χ4v) is 1.92. The summed E-state index contributed by atoms with van der Waals surface area (Å²) in [7, 11) is 0. The Labute approximate surface area is 119 Å². The maximum atomic E-state index is 11.5. The molecule has 1 atom stereocenters. The van der Waals surface area contributed by atoms with Gasteiger partial charge in [-0.3, -0.25) is 4.79 Å². The minimum Gasteiger partial charge on any atom is -0.489 e. The topological polar surface area (TPSA) is 35.5 Å². The van der Waals surface area contributed by atoms with Crippen molar-refractivity contribution in [1.82, 2.24) is 0 Å². The van der Waals surface area contributed by atoms with Gasteiger partial charge in [0.1, 0.15) is 19.0 Å². The van der Waals surface area contributed by atoms with Crippen molar-refractivity contribution >= 4 is 16.7 Å². The molecule has 0 heterocycles. The Bertz CT molecular complexity index is 572. The first-order chi connectivity index (χ1) is 9.72. The minimum atomic E-state index is -0.158. The first kappa shape index (κ1) is 14.4. The molecule has 106 valence electrons. The molecule has 2 aromatic rings. The van der Waals surface area contributed by atoms with Crippen LogP contribution in [0.1, 0.15) is 20.3 Å². The molecule has 0 fully saturated rings. The third-order valence-electron chi connectivity index (χ3n) is 3.35. The fourth-order valence-electron chi connectivity index (χ4n) is 1.92. The average molecular weight is 272 g/mol. The van der Waals surface area contributed by atoms with E-state index < -0.39 is 0 Å². The third kappa shape index (κ3) is 3.50. The van der Waals surface area contributed by atoms with E-state index in [1.54, 1.807) is 0 Å². The normalized spacial score (nSPS) is 12.1. The van der Waals surface area contributed by atoms with Gasteiger partial charge in [-0.1, -0.05) is 50.2 Å². The lowest BCUT2D eigenvalue weighted by molar-refractivity contribution is -0.148. The van der Waals surface area contributed by atoms with Crippen LogP contribution in [-0.2, 0) is 9.53 Å². The molecule has 0 spiro atoms. The van der Waals surface area contributed by atoms with Crippen molar-refractivity contribution in [3.63, 3.8) is 0 Å².